The number of nitrogens with zero attached hydrogens (tertiary/aromatic N) is 1. The van der Waals surface area contributed by atoms with Gasteiger partial charge in [-0.1, -0.05) is 74.3 Å². The summed E-state index contributed by atoms with van der Waals surface area (Å²) in [6.07, 6.45) is 1.32. The van der Waals surface area contributed by atoms with Crippen LogP contribution < -0.4 is 4.72 Å². The van der Waals surface area contributed by atoms with Crippen molar-refractivity contribution in [3.8, 4) is 0 Å². The molecule has 1 heterocycles. The molecule has 1 aromatic heterocycles. The molecule has 0 aliphatic carbocycles. The van der Waals surface area contributed by atoms with E-state index in [0.717, 1.165) is 11.1 Å². The molecule has 0 atom stereocenters. The zero-order valence-corrected chi connectivity index (χ0v) is 18.8. The van der Waals surface area contributed by atoms with Crippen molar-refractivity contribution in [1.29, 1.82) is 0 Å². The lowest BCUT2D eigenvalue weighted by molar-refractivity contribution is 0.103. The fraction of sp³-hybridized carbons (Fsp3) is 0.217. The molecule has 0 saturated carbocycles. The average Bonchev–Trinajstić information content (AvgIpc) is 2.67. The van der Waals surface area contributed by atoms with Crippen LogP contribution in [0.15, 0.2) is 65.7 Å². The van der Waals surface area contributed by atoms with E-state index in [-0.39, 0.29) is 26.7 Å². The molecule has 0 fully saturated rings. The maximum Gasteiger partial charge on any atom is 0.261 e. The van der Waals surface area contributed by atoms with E-state index in [1.165, 1.54) is 12.3 Å². The van der Waals surface area contributed by atoms with Gasteiger partial charge in [0.05, 0.1) is 15.6 Å². The summed E-state index contributed by atoms with van der Waals surface area (Å²) < 4.78 is 28.3. The number of carbonyl (C=O) groups excluding carboxylic acids is 1. The Kier molecular flexibility index (Phi) is 6.01. The third-order valence-electron chi connectivity index (χ3n) is 4.66. The van der Waals surface area contributed by atoms with Gasteiger partial charge in [-0.2, -0.15) is 0 Å². The third-order valence-corrected chi connectivity index (χ3v) is 6.25. The number of halogens is 1. The molecule has 0 bridgehead atoms. The van der Waals surface area contributed by atoms with Crippen molar-refractivity contribution in [2.24, 2.45) is 0 Å². The van der Waals surface area contributed by atoms with Crippen molar-refractivity contribution in [1.82, 2.24) is 4.98 Å². The molecule has 0 saturated heterocycles. The standard InChI is InChI=1S/C23H23ClN2O3S/c1-15-5-7-16(8-6-15)22(27)21-20(13-18(24)14-25-21)26-30(28,29)19-11-9-17(10-12-19)23(2,3)4/h5-14,26H,1-4H3. The molecular weight excluding hydrogens is 420 g/mol. The summed E-state index contributed by atoms with van der Waals surface area (Å²) in [5.74, 6) is -0.396. The van der Waals surface area contributed by atoms with Crippen molar-refractivity contribution in [2.75, 3.05) is 4.72 Å². The van der Waals surface area contributed by atoms with E-state index in [2.05, 4.69) is 30.5 Å². The van der Waals surface area contributed by atoms with Crippen molar-refractivity contribution < 1.29 is 13.2 Å². The summed E-state index contributed by atoms with van der Waals surface area (Å²) in [5.41, 5.74) is 2.35. The highest BCUT2D eigenvalue weighted by molar-refractivity contribution is 7.92. The van der Waals surface area contributed by atoms with E-state index in [1.807, 2.05) is 19.1 Å². The van der Waals surface area contributed by atoms with Gasteiger partial charge >= 0.3 is 0 Å². The predicted octanol–water partition coefficient (Wildman–Crippen LogP) is 5.37. The number of hydrogen-bond acceptors (Lipinski definition) is 4. The molecule has 156 valence electrons. The number of hydrogen-bond donors (Lipinski definition) is 1. The Labute approximate surface area is 182 Å². The SMILES string of the molecule is Cc1ccc(C(=O)c2ncc(Cl)cc2NS(=O)(=O)c2ccc(C(C)(C)C)cc2)cc1. The van der Waals surface area contributed by atoms with Crippen LogP contribution in [0, 0.1) is 6.92 Å². The third kappa shape index (κ3) is 4.89. The molecule has 0 amide bonds. The predicted molar refractivity (Wildman–Crippen MR) is 120 cm³/mol. The van der Waals surface area contributed by atoms with Crippen LogP contribution in [0.3, 0.4) is 0 Å². The van der Waals surface area contributed by atoms with Gasteiger partial charge in [0.2, 0.25) is 5.78 Å². The molecular formula is C23H23ClN2O3S. The summed E-state index contributed by atoms with van der Waals surface area (Å²) in [6.45, 7) is 8.07. The normalized spacial score (nSPS) is 11.9. The number of benzene rings is 2. The number of sulfonamides is 1. The van der Waals surface area contributed by atoms with Crippen LogP contribution in [0.4, 0.5) is 5.69 Å². The number of ketones is 1. The molecule has 7 heteroatoms. The highest BCUT2D eigenvalue weighted by atomic mass is 35.5. The number of carbonyl (C=O) groups is 1. The fourth-order valence-corrected chi connectivity index (χ4v) is 4.09. The Bertz CT molecular complexity index is 1180. The molecule has 0 radical (unpaired) electrons. The molecule has 2 aromatic carbocycles. The van der Waals surface area contributed by atoms with E-state index in [1.54, 1.807) is 36.4 Å². The minimum Gasteiger partial charge on any atom is -0.287 e. The summed E-state index contributed by atoms with van der Waals surface area (Å²) in [5, 5.41) is 0.219. The highest BCUT2D eigenvalue weighted by Crippen LogP contribution is 2.27. The van der Waals surface area contributed by atoms with Gasteiger partial charge in [-0.15, -0.1) is 0 Å². The van der Waals surface area contributed by atoms with Gasteiger partial charge in [-0.25, -0.2) is 13.4 Å². The monoisotopic (exact) mass is 442 g/mol. The van der Waals surface area contributed by atoms with Crippen molar-refractivity contribution in [2.45, 2.75) is 38.0 Å². The molecule has 0 unspecified atom stereocenters. The Morgan fingerprint density at radius 2 is 1.60 bits per heavy atom. The van der Waals surface area contributed by atoms with Gasteiger partial charge in [-0.05, 0) is 36.1 Å². The first kappa shape index (κ1) is 22.0. The Morgan fingerprint density at radius 3 is 2.17 bits per heavy atom. The summed E-state index contributed by atoms with van der Waals surface area (Å²) in [7, 11) is -3.94. The van der Waals surface area contributed by atoms with Crippen LogP contribution in [0.2, 0.25) is 5.02 Å². The second kappa shape index (κ2) is 8.20. The summed E-state index contributed by atoms with van der Waals surface area (Å²) in [4.78, 5) is 17.1. The quantitative estimate of drug-likeness (QED) is 0.538. The second-order valence-corrected chi connectivity index (χ2v) is 10.2. The average molecular weight is 443 g/mol. The Balaban J connectivity index is 1.97. The molecule has 0 aliphatic heterocycles. The number of aromatic nitrogens is 1. The number of aryl methyl sites for hydroxylation is 1. The molecule has 3 rings (SSSR count). The second-order valence-electron chi connectivity index (χ2n) is 8.12. The van der Waals surface area contributed by atoms with Crippen LogP contribution in [-0.4, -0.2) is 19.2 Å². The van der Waals surface area contributed by atoms with Gasteiger partial charge in [0, 0.05) is 11.8 Å². The van der Waals surface area contributed by atoms with Crippen LogP contribution in [0.25, 0.3) is 0 Å². The van der Waals surface area contributed by atoms with E-state index in [4.69, 9.17) is 11.6 Å². The molecule has 5 nitrogen and oxygen atoms in total. The van der Waals surface area contributed by atoms with Crippen LogP contribution in [-0.2, 0) is 15.4 Å². The van der Waals surface area contributed by atoms with E-state index >= 15 is 0 Å². The lowest BCUT2D eigenvalue weighted by Crippen LogP contribution is -2.17. The molecule has 1 N–H and O–H groups in total. The lowest BCUT2D eigenvalue weighted by atomic mass is 9.87. The summed E-state index contributed by atoms with van der Waals surface area (Å²) >= 11 is 6.03. The number of rotatable bonds is 5. The van der Waals surface area contributed by atoms with E-state index in [0.29, 0.717) is 5.56 Å². The molecule has 0 spiro atoms. The largest absolute Gasteiger partial charge is 0.287 e. The number of nitrogens with one attached hydrogen (secondary N) is 1. The van der Waals surface area contributed by atoms with Gasteiger partial charge in [-0.3, -0.25) is 9.52 Å². The van der Waals surface area contributed by atoms with Gasteiger partial charge < -0.3 is 0 Å². The zero-order valence-electron chi connectivity index (χ0n) is 17.2. The molecule has 0 aliphatic rings. The minimum atomic E-state index is -3.94. The molecule has 3 aromatic rings. The van der Waals surface area contributed by atoms with E-state index < -0.39 is 15.8 Å². The van der Waals surface area contributed by atoms with Gasteiger partial charge in [0.25, 0.3) is 10.0 Å². The Hall–Kier alpha value is -2.70. The van der Waals surface area contributed by atoms with Crippen molar-refractivity contribution >= 4 is 33.1 Å². The minimum absolute atomic E-state index is 0.0156. The maximum atomic E-state index is 12.9. The van der Waals surface area contributed by atoms with E-state index in [9.17, 15) is 13.2 Å². The highest BCUT2D eigenvalue weighted by Gasteiger charge is 2.22. The van der Waals surface area contributed by atoms with Crippen LogP contribution in [0.5, 0.6) is 0 Å². The van der Waals surface area contributed by atoms with Gasteiger partial charge in [0.15, 0.2) is 0 Å². The zero-order chi connectivity index (χ0) is 22.1. The van der Waals surface area contributed by atoms with Crippen molar-refractivity contribution in [3.63, 3.8) is 0 Å². The first-order chi connectivity index (χ1) is 14.0. The van der Waals surface area contributed by atoms with Gasteiger partial charge in [0.1, 0.15) is 5.69 Å². The Morgan fingerprint density at radius 1 is 1.00 bits per heavy atom. The van der Waals surface area contributed by atoms with Crippen molar-refractivity contribution in [3.05, 3.63) is 88.2 Å². The fourth-order valence-electron chi connectivity index (χ4n) is 2.88. The topological polar surface area (TPSA) is 76.1 Å². The first-order valence-electron chi connectivity index (χ1n) is 9.38. The van der Waals surface area contributed by atoms with Crippen LogP contribution in [0.1, 0.15) is 48.0 Å². The maximum absolute atomic E-state index is 12.9. The smallest absolute Gasteiger partial charge is 0.261 e. The first-order valence-corrected chi connectivity index (χ1v) is 11.2. The summed E-state index contributed by atoms with van der Waals surface area (Å²) in [6, 6.07) is 15.0. The number of pyridine rings is 1. The van der Waals surface area contributed by atoms with Crippen LogP contribution >= 0.6 is 11.6 Å². The molecule has 30 heavy (non-hydrogen) atoms. The lowest BCUT2D eigenvalue weighted by Gasteiger charge is -2.19. The number of anilines is 1.